The number of nitrogens with two attached hydrogens (primary N) is 1. The lowest BCUT2D eigenvalue weighted by Gasteiger charge is -2.07. The van der Waals surface area contributed by atoms with E-state index < -0.39 is 0 Å². The summed E-state index contributed by atoms with van der Waals surface area (Å²) >= 11 is 8.64. The van der Waals surface area contributed by atoms with Crippen molar-refractivity contribution in [2.45, 2.75) is 17.7 Å². The minimum absolute atomic E-state index is 0.157. The van der Waals surface area contributed by atoms with Gasteiger partial charge in [-0.05, 0) is 29.7 Å². The predicted octanol–water partition coefficient (Wildman–Crippen LogP) is 3.07. The number of carbonyl (C=O) groups excluding carboxylic acids is 1. The molecule has 1 aromatic carbocycles. The number of nitrogen functional groups attached to an aromatic ring is 1. The summed E-state index contributed by atoms with van der Waals surface area (Å²) < 4.78 is 4.95. The van der Waals surface area contributed by atoms with E-state index in [-0.39, 0.29) is 11.7 Å². The Labute approximate surface area is 130 Å². The van der Waals surface area contributed by atoms with Crippen LogP contribution in [0.3, 0.4) is 0 Å². The van der Waals surface area contributed by atoms with Crippen LogP contribution in [0.25, 0.3) is 0 Å². The lowest BCUT2D eigenvalue weighted by atomic mass is 10.3. The number of amides is 1. The molecule has 0 radical (unpaired) electrons. The standard InChI is InChI=1S/C12H13ClN4OS2/c1-2-10-16-12(20-17-10)19-6-11(18)15-9-5-7(14)3-4-8(9)13/h3-5H,2,6,14H2,1H3,(H,15,18). The number of hydrogen-bond donors (Lipinski definition) is 2. The van der Waals surface area contributed by atoms with Crippen molar-refractivity contribution in [1.82, 2.24) is 9.36 Å². The van der Waals surface area contributed by atoms with Crippen LogP contribution in [0.5, 0.6) is 0 Å². The fraction of sp³-hybridized carbons (Fsp3) is 0.250. The Balaban J connectivity index is 1.90. The molecule has 0 atom stereocenters. The van der Waals surface area contributed by atoms with E-state index in [0.29, 0.717) is 16.4 Å². The first-order valence-corrected chi connectivity index (χ1v) is 8.02. The molecule has 1 amide bonds. The zero-order valence-corrected chi connectivity index (χ0v) is 13.1. The summed E-state index contributed by atoms with van der Waals surface area (Å²) in [5.74, 6) is 0.899. The third-order valence-corrected chi connectivity index (χ3v) is 4.56. The lowest BCUT2D eigenvalue weighted by molar-refractivity contribution is -0.113. The summed E-state index contributed by atoms with van der Waals surface area (Å²) in [5.41, 5.74) is 6.72. The molecule has 0 fully saturated rings. The van der Waals surface area contributed by atoms with E-state index >= 15 is 0 Å². The summed E-state index contributed by atoms with van der Waals surface area (Å²) in [6.45, 7) is 1.99. The number of benzene rings is 1. The summed E-state index contributed by atoms with van der Waals surface area (Å²) in [7, 11) is 0. The highest BCUT2D eigenvalue weighted by Gasteiger charge is 2.09. The fourth-order valence-electron chi connectivity index (χ4n) is 1.39. The zero-order chi connectivity index (χ0) is 14.5. The van der Waals surface area contributed by atoms with E-state index in [0.717, 1.165) is 16.6 Å². The Hall–Kier alpha value is -1.31. The molecule has 0 aliphatic heterocycles. The monoisotopic (exact) mass is 328 g/mol. The molecule has 0 aliphatic carbocycles. The number of rotatable bonds is 5. The summed E-state index contributed by atoms with van der Waals surface area (Å²) in [5, 5.41) is 3.19. The highest BCUT2D eigenvalue weighted by molar-refractivity contribution is 8.01. The molecule has 0 aliphatic rings. The SMILES string of the molecule is CCc1nsc(SCC(=O)Nc2cc(N)ccc2Cl)n1. The van der Waals surface area contributed by atoms with Gasteiger partial charge in [0.25, 0.3) is 0 Å². The maximum Gasteiger partial charge on any atom is 0.234 e. The maximum absolute atomic E-state index is 11.9. The molecule has 2 rings (SSSR count). The number of hydrogen-bond acceptors (Lipinski definition) is 6. The van der Waals surface area contributed by atoms with E-state index in [1.807, 2.05) is 6.92 Å². The van der Waals surface area contributed by atoms with Crippen molar-refractivity contribution < 1.29 is 4.79 Å². The Morgan fingerprint density at radius 2 is 2.35 bits per heavy atom. The van der Waals surface area contributed by atoms with Crippen LogP contribution in [0.2, 0.25) is 5.02 Å². The van der Waals surface area contributed by atoms with Crippen molar-refractivity contribution in [3.05, 3.63) is 29.0 Å². The van der Waals surface area contributed by atoms with Crippen LogP contribution < -0.4 is 11.1 Å². The molecule has 106 valence electrons. The number of aromatic nitrogens is 2. The second-order valence-electron chi connectivity index (χ2n) is 3.91. The quantitative estimate of drug-likeness (QED) is 0.651. The van der Waals surface area contributed by atoms with Gasteiger partial charge in [-0.1, -0.05) is 30.3 Å². The molecule has 20 heavy (non-hydrogen) atoms. The van der Waals surface area contributed by atoms with Crippen molar-refractivity contribution in [2.75, 3.05) is 16.8 Å². The topological polar surface area (TPSA) is 80.9 Å². The molecular formula is C12H13ClN4OS2. The van der Waals surface area contributed by atoms with Gasteiger partial charge in [0.05, 0.1) is 16.5 Å². The first-order chi connectivity index (χ1) is 9.58. The number of aryl methyl sites for hydroxylation is 1. The van der Waals surface area contributed by atoms with Crippen LogP contribution in [0.1, 0.15) is 12.7 Å². The van der Waals surface area contributed by atoms with E-state index in [9.17, 15) is 4.79 Å². The number of anilines is 2. The molecule has 0 spiro atoms. The van der Waals surface area contributed by atoms with Crippen molar-refractivity contribution >= 4 is 52.2 Å². The largest absolute Gasteiger partial charge is 0.399 e. The van der Waals surface area contributed by atoms with E-state index in [2.05, 4.69) is 14.7 Å². The van der Waals surface area contributed by atoms with E-state index in [1.165, 1.54) is 23.3 Å². The van der Waals surface area contributed by atoms with Gasteiger partial charge in [0.1, 0.15) is 5.82 Å². The van der Waals surface area contributed by atoms with E-state index in [4.69, 9.17) is 17.3 Å². The molecule has 5 nitrogen and oxygen atoms in total. The van der Waals surface area contributed by atoms with Crippen LogP contribution in [-0.4, -0.2) is 21.0 Å². The predicted molar refractivity (Wildman–Crippen MR) is 84.5 cm³/mol. The lowest BCUT2D eigenvalue weighted by Crippen LogP contribution is -2.14. The van der Waals surface area contributed by atoms with E-state index in [1.54, 1.807) is 18.2 Å². The zero-order valence-electron chi connectivity index (χ0n) is 10.7. The van der Waals surface area contributed by atoms with Gasteiger partial charge in [-0.15, -0.1) is 0 Å². The van der Waals surface area contributed by atoms with Gasteiger partial charge in [0.15, 0.2) is 4.34 Å². The van der Waals surface area contributed by atoms with Gasteiger partial charge in [0, 0.05) is 12.1 Å². The van der Waals surface area contributed by atoms with Crippen molar-refractivity contribution in [3.63, 3.8) is 0 Å². The highest BCUT2D eigenvalue weighted by atomic mass is 35.5. The highest BCUT2D eigenvalue weighted by Crippen LogP contribution is 2.25. The molecule has 0 saturated heterocycles. The van der Waals surface area contributed by atoms with Crippen LogP contribution in [0.4, 0.5) is 11.4 Å². The molecule has 2 aromatic rings. The first kappa shape index (κ1) is 15.1. The van der Waals surface area contributed by atoms with Gasteiger partial charge in [-0.3, -0.25) is 4.79 Å². The van der Waals surface area contributed by atoms with Gasteiger partial charge in [-0.2, -0.15) is 4.37 Å². The Morgan fingerprint density at radius 3 is 3.05 bits per heavy atom. The number of thioether (sulfide) groups is 1. The van der Waals surface area contributed by atoms with Crippen LogP contribution >= 0.6 is 34.9 Å². The Morgan fingerprint density at radius 1 is 1.55 bits per heavy atom. The van der Waals surface area contributed by atoms with Crippen LogP contribution in [-0.2, 0) is 11.2 Å². The molecule has 0 saturated carbocycles. The molecule has 1 heterocycles. The number of carbonyl (C=O) groups is 1. The summed E-state index contributed by atoms with van der Waals surface area (Å²) in [4.78, 5) is 16.1. The number of halogens is 1. The third kappa shape index (κ3) is 4.09. The van der Waals surface area contributed by atoms with Gasteiger partial charge < -0.3 is 11.1 Å². The van der Waals surface area contributed by atoms with Gasteiger partial charge in [0.2, 0.25) is 5.91 Å². The van der Waals surface area contributed by atoms with Crippen molar-refractivity contribution in [1.29, 1.82) is 0 Å². The van der Waals surface area contributed by atoms with Crippen molar-refractivity contribution in [2.24, 2.45) is 0 Å². The van der Waals surface area contributed by atoms with Crippen LogP contribution in [0.15, 0.2) is 22.5 Å². The summed E-state index contributed by atoms with van der Waals surface area (Å²) in [6, 6.07) is 4.96. The van der Waals surface area contributed by atoms with Crippen molar-refractivity contribution in [3.8, 4) is 0 Å². The Bertz CT molecular complexity index is 617. The number of nitrogens with one attached hydrogen (secondary N) is 1. The number of nitrogens with zero attached hydrogens (tertiary/aromatic N) is 2. The third-order valence-electron chi connectivity index (χ3n) is 2.36. The minimum Gasteiger partial charge on any atom is -0.399 e. The normalized spacial score (nSPS) is 10.5. The fourth-order valence-corrected chi connectivity index (χ4v) is 3.05. The molecule has 8 heteroatoms. The second-order valence-corrected chi connectivity index (χ2v) is 6.29. The average Bonchev–Trinajstić information content (AvgIpc) is 2.89. The smallest absolute Gasteiger partial charge is 0.234 e. The average molecular weight is 329 g/mol. The maximum atomic E-state index is 11.9. The van der Waals surface area contributed by atoms with Crippen LogP contribution in [0, 0.1) is 0 Å². The molecule has 1 aromatic heterocycles. The van der Waals surface area contributed by atoms with Gasteiger partial charge in [-0.25, -0.2) is 4.98 Å². The molecular weight excluding hydrogens is 316 g/mol. The van der Waals surface area contributed by atoms with Gasteiger partial charge >= 0.3 is 0 Å². The molecule has 0 unspecified atom stereocenters. The second kappa shape index (κ2) is 6.92. The summed E-state index contributed by atoms with van der Waals surface area (Å²) in [6.07, 6.45) is 0.794. The molecule has 3 N–H and O–H groups in total. The first-order valence-electron chi connectivity index (χ1n) is 5.88. The minimum atomic E-state index is -0.157. The Kier molecular flexibility index (Phi) is 5.22. The molecule has 0 bridgehead atoms.